The minimum Gasteiger partial charge on any atom is -0.385 e. The van der Waals surface area contributed by atoms with E-state index in [4.69, 9.17) is 14.2 Å². The lowest BCUT2D eigenvalue weighted by Crippen LogP contribution is -2.35. The van der Waals surface area contributed by atoms with Gasteiger partial charge >= 0.3 is 0 Å². The molecule has 0 unspecified atom stereocenters. The zero-order valence-electron chi connectivity index (χ0n) is 16.6. The lowest BCUT2D eigenvalue weighted by atomic mass is 10.0. The van der Waals surface area contributed by atoms with E-state index in [1.54, 1.807) is 7.11 Å². The number of rotatable bonds is 10. The summed E-state index contributed by atoms with van der Waals surface area (Å²) in [6.07, 6.45) is 3.30. The van der Waals surface area contributed by atoms with E-state index in [0.717, 1.165) is 39.0 Å². The van der Waals surface area contributed by atoms with Crippen molar-refractivity contribution in [1.82, 2.24) is 4.90 Å². The quantitative estimate of drug-likeness (QED) is 0.611. The fourth-order valence-corrected chi connectivity index (χ4v) is 3.35. The summed E-state index contributed by atoms with van der Waals surface area (Å²) in [4.78, 5) is 2.44. The van der Waals surface area contributed by atoms with Gasteiger partial charge in [-0.05, 0) is 59.9 Å². The molecule has 1 heterocycles. The summed E-state index contributed by atoms with van der Waals surface area (Å²) in [7, 11) is 3.94. The summed E-state index contributed by atoms with van der Waals surface area (Å²) in [6.45, 7) is 15.7. The third kappa shape index (κ3) is 7.51. The fraction of sp³-hybridized carbons (Fsp3) is 1.00. The molecule has 0 saturated carbocycles. The summed E-state index contributed by atoms with van der Waals surface area (Å²) in [5, 5.41) is 0. The van der Waals surface area contributed by atoms with Crippen molar-refractivity contribution in [3.05, 3.63) is 0 Å². The van der Waals surface area contributed by atoms with Crippen LogP contribution in [0.25, 0.3) is 0 Å². The average Bonchev–Trinajstić information content (AvgIpc) is 2.76. The number of ether oxygens (including phenoxy) is 3. The lowest BCUT2D eigenvalue weighted by Gasteiger charge is -2.31. The lowest BCUT2D eigenvalue weighted by molar-refractivity contribution is -0.101. The maximum atomic E-state index is 6.40. The molecule has 0 spiro atoms. The number of hydrogen-bond donors (Lipinski definition) is 0. The van der Waals surface area contributed by atoms with Gasteiger partial charge in [-0.3, -0.25) is 0 Å². The van der Waals surface area contributed by atoms with Crippen LogP contribution >= 0.6 is 0 Å². The minimum atomic E-state index is -0.144. The van der Waals surface area contributed by atoms with E-state index < -0.39 is 0 Å². The second kappa shape index (κ2) is 8.80. The van der Waals surface area contributed by atoms with Gasteiger partial charge in [0.05, 0.1) is 23.9 Å². The highest BCUT2D eigenvalue weighted by molar-refractivity contribution is 4.87. The fourth-order valence-electron chi connectivity index (χ4n) is 3.35. The second-order valence-electron chi connectivity index (χ2n) is 8.59. The van der Waals surface area contributed by atoms with Crippen LogP contribution < -0.4 is 0 Å². The summed E-state index contributed by atoms with van der Waals surface area (Å²) in [5.74, 6) is 0.682. The molecule has 0 bridgehead atoms. The largest absolute Gasteiger partial charge is 0.385 e. The maximum Gasteiger partial charge on any atom is 0.0724 e. The van der Waals surface area contributed by atoms with Crippen molar-refractivity contribution in [1.29, 1.82) is 0 Å². The average molecular weight is 330 g/mol. The molecular formula is C19H39NO3. The van der Waals surface area contributed by atoms with Crippen LogP contribution in [0.1, 0.15) is 60.8 Å². The van der Waals surface area contributed by atoms with E-state index in [1.165, 1.54) is 0 Å². The van der Waals surface area contributed by atoms with E-state index in [1.807, 2.05) is 0 Å². The molecule has 1 fully saturated rings. The molecule has 0 aromatic carbocycles. The number of nitrogens with zero attached hydrogens (tertiary/aromatic N) is 1. The van der Waals surface area contributed by atoms with Crippen molar-refractivity contribution in [3.63, 3.8) is 0 Å². The van der Waals surface area contributed by atoms with Crippen molar-refractivity contribution in [3.8, 4) is 0 Å². The normalized spacial score (nSPS) is 23.9. The molecule has 4 heteroatoms. The van der Waals surface area contributed by atoms with Gasteiger partial charge in [0.15, 0.2) is 0 Å². The van der Waals surface area contributed by atoms with Crippen molar-refractivity contribution < 1.29 is 14.2 Å². The highest BCUT2D eigenvalue weighted by Gasteiger charge is 2.35. The molecule has 1 aliphatic rings. The van der Waals surface area contributed by atoms with E-state index in [-0.39, 0.29) is 11.2 Å². The van der Waals surface area contributed by atoms with Crippen LogP contribution in [0.2, 0.25) is 0 Å². The predicted octanol–water partition coefficient (Wildman–Crippen LogP) is 3.73. The molecule has 0 aromatic rings. The highest BCUT2D eigenvalue weighted by atomic mass is 16.5. The smallest absolute Gasteiger partial charge is 0.0724 e. The summed E-state index contributed by atoms with van der Waals surface area (Å²) < 4.78 is 17.6. The zero-order chi connectivity index (χ0) is 17.7. The van der Waals surface area contributed by atoms with Crippen molar-refractivity contribution in [2.45, 2.75) is 84.2 Å². The second-order valence-corrected chi connectivity index (χ2v) is 8.59. The Balaban J connectivity index is 2.36. The van der Waals surface area contributed by atoms with Gasteiger partial charge in [-0.25, -0.2) is 0 Å². The third-order valence-electron chi connectivity index (χ3n) is 4.92. The number of methoxy groups -OCH3 is 1. The molecule has 1 aliphatic heterocycles. The van der Waals surface area contributed by atoms with Crippen LogP contribution in [0.15, 0.2) is 0 Å². The first-order valence-electron chi connectivity index (χ1n) is 9.07. The Morgan fingerprint density at radius 2 is 1.65 bits per heavy atom. The van der Waals surface area contributed by atoms with Crippen molar-refractivity contribution in [2.24, 2.45) is 5.92 Å². The molecular weight excluding hydrogens is 290 g/mol. The Morgan fingerprint density at radius 1 is 1.04 bits per heavy atom. The Hall–Kier alpha value is -0.160. The van der Waals surface area contributed by atoms with Crippen molar-refractivity contribution in [2.75, 3.05) is 33.9 Å². The van der Waals surface area contributed by atoms with Gasteiger partial charge in [-0.1, -0.05) is 13.8 Å². The monoisotopic (exact) mass is 329 g/mol. The van der Waals surface area contributed by atoms with Gasteiger partial charge in [0.1, 0.15) is 0 Å². The number of likely N-dealkylation sites (tertiary alicyclic amines) is 1. The first-order chi connectivity index (χ1) is 10.6. The van der Waals surface area contributed by atoms with E-state index in [2.05, 4.69) is 53.5 Å². The van der Waals surface area contributed by atoms with Gasteiger partial charge in [0.2, 0.25) is 0 Å². The minimum absolute atomic E-state index is 0.137. The SMILES string of the molecule is COCCC(C)(C)OCCC(C)(C)O[C@@H]1C[C@@H](C(C)C)N(C)C1. The Bertz CT molecular complexity index is 342. The topological polar surface area (TPSA) is 30.9 Å². The summed E-state index contributed by atoms with van der Waals surface area (Å²) in [6, 6.07) is 0.639. The van der Waals surface area contributed by atoms with Gasteiger partial charge in [0, 0.05) is 26.3 Å². The Morgan fingerprint density at radius 3 is 2.17 bits per heavy atom. The number of hydrogen-bond acceptors (Lipinski definition) is 4. The van der Waals surface area contributed by atoms with E-state index >= 15 is 0 Å². The molecule has 4 nitrogen and oxygen atoms in total. The molecule has 0 amide bonds. The zero-order valence-corrected chi connectivity index (χ0v) is 16.6. The summed E-state index contributed by atoms with van der Waals surface area (Å²) >= 11 is 0. The molecule has 23 heavy (non-hydrogen) atoms. The van der Waals surface area contributed by atoms with E-state index in [0.29, 0.717) is 18.1 Å². The molecule has 0 N–H and O–H groups in total. The van der Waals surface area contributed by atoms with Gasteiger partial charge in [0.25, 0.3) is 0 Å². The van der Waals surface area contributed by atoms with E-state index in [9.17, 15) is 0 Å². The maximum absolute atomic E-state index is 6.40. The van der Waals surface area contributed by atoms with Crippen LogP contribution in [-0.4, -0.2) is 62.2 Å². The van der Waals surface area contributed by atoms with Crippen LogP contribution in [0.5, 0.6) is 0 Å². The molecule has 1 saturated heterocycles. The first kappa shape index (κ1) is 20.9. The van der Waals surface area contributed by atoms with Crippen LogP contribution in [-0.2, 0) is 14.2 Å². The highest BCUT2D eigenvalue weighted by Crippen LogP contribution is 2.29. The third-order valence-corrected chi connectivity index (χ3v) is 4.92. The molecule has 1 rings (SSSR count). The van der Waals surface area contributed by atoms with Gasteiger partial charge < -0.3 is 19.1 Å². The van der Waals surface area contributed by atoms with Crippen LogP contribution in [0.4, 0.5) is 0 Å². The van der Waals surface area contributed by atoms with Gasteiger partial charge in [-0.15, -0.1) is 0 Å². The predicted molar refractivity (Wildman–Crippen MR) is 96.0 cm³/mol. The van der Waals surface area contributed by atoms with Crippen molar-refractivity contribution >= 4 is 0 Å². The molecule has 2 atom stereocenters. The van der Waals surface area contributed by atoms with Gasteiger partial charge in [-0.2, -0.15) is 0 Å². The molecule has 138 valence electrons. The molecule has 0 aromatic heterocycles. The standard InChI is InChI=1S/C19H39NO3/c1-15(2)17-13-16(14-20(17)7)23-19(5,6)10-12-22-18(3,4)9-11-21-8/h15-17H,9-14H2,1-8H3/t16-,17+/m1/s1. The molecule has 0 radical (unpaired) electrons. The molecule has 0 aliphatic carbocycles. The Labute approximate surface area is 143 Å². The first-order valence-corrected chi connectivity index (χ1v) is 9.07. The summed E-state index contributed by atoms with van der Waals surface area (Å²) in [5.41, 5.74) is -0.281. The Kier molecular flexibility index (Phi) is 7.99. The number of likely N-dealkylation sites (N-methyl/N-ethyl adjacent to an activating group) is 1. The van der Waals surface area contributed by atoms with Crippen LogP contribution in [0.3, 0.4) is 0 Å². The van der Waals surface area contributed by atoms with Crippen LogP contribution in [0, 0.1) is 5.92 Å².